The number of morpholine rings is 1. The number of nitrogens with one attached hydrogen (secondary N) is 1. The van der Waals surface area contributed by atoms with Crippen molar-refractivity contribution in [3.63, 3.8) is 0 Å². The van der Waals surface area contributed by atoms with Crippen molar-refractivity contribution in [2.75, 3.05) is 44.3 Å². The number of benzene rings is 3. The first-order valence-corrected chi connectivity index (χ1v) is 14.8. The van der Waals surface area contributed by atoms with E-state index < -0.39 is 14.9 Å². The predicted molar refractivity (Wildman–Crippen MR) is 150 cm³/mol. The molecule has 0 spiro atoms. The summed E-state index contributed by atoms with van der Waals surface area (Å²) >= 11 is 0. The molecule has 0 aliphatic carbocycles. The molecule has 3 aromatic carbocycles. The van der Waals surface area contributed by atoms with Crippen LogP contribution in [0.2, 0.25) is 0 Å². The number of carbonyl (C=O) groups excluding carboxylic acids is 1. The Balaban J connectivity index is 1.28. The van der Waals surface area contributed by atoms with E-state index in [0.717, 1.165) is 17.2 Å². The zero-order valence-corrected chi connectivity index (χ0v) is 22.8. The van der Waals surface area contributed by atoms with Crippen LogP contribution >= 0.6 is 0 Å². The molecular formula is C29H32N4O6S. The third-order valence-electron chi connectivity index (χ3n) is 7.51. The SMILES string of the molecule is O=C(NC(c1ccccc1)c1ccccc1)C1CCN(c2ccc(S(=O)(=O)N3CCOCC3)cc2[N+](=O)[O-])CC1. The van der Waals surface area contributed by atoms with E-state index in [1.54, 1.807) is 0 Å². The van der Waals surface area contributed by atoms with Gasteiger partial charge >= 0.3 is 0 Å². The maximum Gasteiger partial charge on any atom is 0.293 e. The molecule has 0 radical (unpaired) electrons. The number of nitro benzene ring substituents is 1. The number of hydrogen-bond acceptors (Lipinski definition) is 7. The number of nitro groups is 1. The van der Waals surface area contributed by atoms with Crippen molar-refractivity contribution in [3.8, 4) is 0 Å². The maximum absolute atomic E-state index is 13.4. The Kier molecular flexibility index (Phi) is 8.43. The van der Waals surface area contributed by atoms with E-state index in [2.05, 4.69) is 5.32 Å². The largest absolute Gasteiger partial charge is 0.379 e. The lowest BCUT2D eigenvalue weighted by molar-refractivity contribution is -0.384. The van der Waals surface area contributed by atoms with E-state index in [-0.39, 0.29) is 41.5 Å². The second kappa shape index (κ2) is 12.2. The summed E-state index contributed by atoms with van der Waals surface area (Å²) in [5.41, 5.74) is 2.08. The molecule has 40 heavy (non-hydrogen) atoms. The molecule has 0 atom stereocenters. The predicted octanol–water partition coefficient (Wildman–Crippen LogP) is 3.74. The minimum absolute atomic E-state index is 0.0567. The number of amides is 1. The number of carbonyl (C=O) groups is 1. The number of anilines is 1. The topological polar surface area (TPSA) is 122 Å². The van der Waals surface area contributed by atoms with Gasteiger partial charge in [-0.15, -0.1) is 0 Å². The smallest absolute Gasteiger partial charge is 0.293 e. The lowest BCUT2D eigenvalue weighted by Gasteiger charge is -2.33. The third kappa shape index (κ3) is 6.01. The molecule has 0 aromatic heterocycles. The fourth-order valence-electron chi connectivity index (χ4n) is 5.31. The molecule has 0 saturated carbocycles. The molecule has 0 bridgehead atoms. The van der Waals surface area contributed by atoms with Crippen LogP contribution in [-0.2, 0) is 19.6 Å². The summed E-state index contributed by atoms with van der Waals surface area (Å²) in [6.45, 7) is 1.89. The Morgan fingerprint density at radius 2 is 1.48 bits per heavy atom. The van der Waals surface area contributed by atoms with Crippen molar-refractivity contribution in [1.29, 1.82) is 0 Å². The van der Waals surface area contributed by atoms with Gasteiger partial charge in [0.15, 0.2) is 0 Å². The molecule has 210 valence electrons. The second-order valence-electron chi connectivity index (χ2n) is 9.95. The van der Waals surface area contributed by atoms with Gasteiger partial charge in [0.2, 0.25) is 15.9 Å². The second-order valence-corrected chi connectivity index (χ2v) is 11.9. The van der Waals surface area contributed by atoms with Gasteiger partial charge in [0.25, 0.3) is 5.69 Å². The number of sulfonamides is 1. The van der Waals surface area contributed by atoms with Crippen LogP contribution in [0, 0.1) is 16.0 Å². The summed E-state index contributed by atoms with van der Waals surface area (Å²) in [6.07, 6.45) is 1.04. The van der Waals surface area contributed by atoms with Gasteiger partial charge in [-0.25, -0.2) is 8.42 Å². The summed E-state index contributed by atoms with van der Waals surface area (Å²) in [4.78, 5) is 26.5. The van der Waals surface area contributed by atoms with Crippen LogP contribution < -0.4 is 10.2 Å². The molecule has 2 fully saturated rings. The summed E-state index contributed by atoms with van der Waals surface area (Å²) in [5, 5.41) is 15.2. The number of ether oxygens (including phenoxy) is 1. The van der Waals surface area contributed by atoms with Gasteiger partial charge < -0.3 is 15.0 Å². The van der Waals surface area contributed by atoms with Crippen molar-refractivity contribution >= 4 is 27.3 Å². The fourth-order valence-corrected chi connectivity index (χ4v) is 6.73. The highest BCUT2D eigenvalue weighted by molar-refractivity contribution is 7.89. The first-order valence-electron chi connectivity index (χ1n) is 13.4. The monoisotopic (exact) mass is 564 g/mol. The molecule has 3 aromatic rings. The van der Waals surface area contributed by atoms with E-state index in [0.29, 0.717) is 44.8 Å². The number of hydrogen-bond donors (Lipinski definition) is 1. The van der Waals surface area contributed by atoms with Gasteiger partial charge in [-0.05, 0) is 36.1 Å². The summed E-state index contributed by atoms with van der Waals surface area (Å²) < 4.78 is 32.6. The normalized spacial score (nSPS) is 17.1. The van der Waals surface area contributed by atoms with Gasteiger partial charge in [-0.1, -0.05) is 60.7 Å². The van der Waals surface area contributed by atoms with Gasteiger partial charge in [0.05, 0.1) is 29.1 Å². The Labute approximate surface area is 233 Å². The van der Waals surface area contributed by atoms with Crippen molar-refractivity contribution in [2.45, 2.75) is 23.8 Å². The van der Waals surface area contributed by atoms with Crippen LogP contribution in [0.15, 0.2) is 83.8 Å². The Morgan fingerprint density at radius 1 is 0.900 bits per heavy atom. The highest BCUT2D eigenvalue weighted by atomic mass is 32.2. The molecule has 2 aliphatic rings. The first-order chi connectivity index (χ1) is 19.3. The average Bonchev–Trinajstić information content (AvgIpc) is 3.00. The van der Waals surface area contributed by atoms with Crippen molar-refractivity contribution in [1.82, 2.24) is 9.62 Å². The molecule has 1 N–H and O–H groups in total. The number of piperidine rings is 1. The van der Waals surface area contributed by atoms with E-state index in [4.69, 9.17) is 4.74 Å². The van der Waals surface area contributed by atoms with Crippen molar-refractivity contribution in [2.24, 2.45) is 5.92 Å². The van der Waals surface area contributed by atoms with E-state index in [9.17, 15) is 23.3 Å². The fraction of sp³-hybridized carbons (Fsp3) is 0.345. The number of rotatable bonds is 8. The maximum atomic E-state index is 13.4. The lowest BCUT2D eigenvalue weighted by atomic mass is 9.93. The van der Waals surface area contributed by atoms with E-state index >= 15 is 0 Å². The van der Waals surface area contributed by atoms with Crippen LogP contribution in [0.25, 0.3) is 0 Å². The Morgan fingerprint density at radius 3 is 2.02 bits per heavy atom. The highest BCUT2D eigenvalue weighted by Crippen LogP contribution is 2.35. The molecule has 5 rings (SSSR count). The number of nitrogens with zero attached hydrogens (tertiary/aromatic N) is 3. The summed E-state index contributed by atoms with van der Waals surface area (Å²) in [7, 11) is -3.87. The minimum Gasteiger partial charge on any atom is -0.379 e. The molecule has 10 nitrogen and oxygen atoms in total. The molecule has 0 unspecified atom stereocenters. The zero-order chi connectivity index (χ0) is 28.1. The lowest BCUT2D eigenvalue weighted by Crippen LogP contribution is -2.42. The van der Waals surface area contributed by atoms with Gasteiger partial charge in [-0.3, -0.25) is 14.9 Å². The van der Waals surface area contributed by atoms with Gasteiger partial charge in [0.1, 0.15) is 5.69 Å². The van der Waals surface area contributed by atoms with Crippen molar-refractivity contribution < 1.29 is 22.9 Å². The first kappa shape index (κ1) is 27.8. The zero-order valence-electron chi connectivity index (χ0n) is 22.0. The summed E-state index contributed by atoms with van der Waals surface area (Å²) in [6, 6.07) is 23.4. The molecule has 2 saturated heterocycles. The Bertz CT molecular complexity index is 1400. The summed E-state index contributed by atoms with van der Waals surface area (Å²) in [5.74, 6) is -0.301. The molecule has 2 heterocycles. The van der Waals surface area contributed by atoms with Gasteiger partial charge in [-0.2, -0.15) is 4.31 Å². The standard InChI is InChI=1S/C29H32N4O6S/c34-29(30-28(22-7-3-1-4-8-22)23-9-5-2-6-10-23)24-13-15-31(16-14-24)26-12-11-25(21-27(26)33(35)36)40(37,38)32-17-19-39-20-18-32/h1-12,21,24,28H,13-20H2,(H,30,34). The third-order valence-corrected chi connectivity index (χ3v) is 9.40. The molecule has 11 heteroatoms. The average molecular weight is 565 g/mol. The van der Waals surface area contributed by atoms with Gasteiger partial charge in [0, 0.05) is 38.2 Å². The van der Waals surface area contributed by atoms with Crippen LogP contribution in [0.3, 0.4) is 0 Å². The van der Waals surface area contributed by atoms with E-state index in [1.165, 1.54) is 16.4 Å². The van der Waals surface area contributed by atoms with Crippen molar-refractivity contribution in [3.05, 3.63) is 100 Å². The minimum atomic E-state index is -3.87. The Hall–Kier alpha value is -3.80. The van der Waals surface area contributed by atoms with Crippen LogP contribution in [0.1, 0.15) is 30.0 Å². The van der Waals surface area contributed by atoms with Crippen LogP contribution in [0.5, 0.6) is 0 Å². The van der Waals surface area contributed by atoms with Crippen LogP contribution in [0.4, 0.5) is 11.4 Å². The molecule has 2 aliphatic heterocycles. The van der Waals surface area contributed by atoms with Crippen LogP contribution in [-0.4, -0.2) is 62.9 Å². The quantitative estimate of drug-likeness (QED) is 0.327. The molecule has 1 amide bonds. The highest BCUT2D eigenvalue weighted by Gasteiger charge is 2.32. The molecular weight excluding hydrogens is 532 g/mol. The van der Waals surface area contributed by atoms with E-state index in [1.807, 2.05) is 65.6 Å².